The van der Waals surface area contributed by atoms with Gasteiger partial charge in [0.25, 0.3) is 0 Å². The van der Waals surface area contributed by atoms with Crippen molar-refractivity contribution in [2.45, 2.75) is 6.42 Å². The molecule has 8 heteroatoms. The largest absolute Gasteiger partial charge is 0.263 e. The first-order chi connectivity index (χ1) is 12.9. The maximum atomic E-state index is 9.39. The Bertz CT molecular complexity index is 1010. The van der Waals surface area contributed by atoms with Crippen LogP contribution < -0.4 is 0 Å². The van der Waals surface area contributed by atoms with E-state index in [9.17, 15) is 5.26 Å². The van der Waals surface area contributed by atoms with Crippen molar-refractivity contribution in [3.63, 3.8) is 0 Å². The maximum absolute atomic E-state index is 9.39. The van der Waals surface area contributed by atoms with E-state index in [2.05, 4.69) is 11.1 Å². The SMILES string of the molecule is N#CCc1c(-c2c(Cl)ccc(Cl)c2Cl)cncc1-c1c(Cl)ccc(Cl)c1Cl. The first kappa shape index (κ1) is 20.6. The van der Waals surface area contributed by atoms with E-state index in [-0.39, 0.29) is 16.5 Å². The second-order valence-corrected chi connectivity index (χ2v) is 7.87. The van der Waals surface area contributed by atoms with Crippen LogP contribution in [0.25, 0.3) is 22.3 Å². The van der Waals surface area contributed by atoms with Crippen LogP contribution in [0, 0.1) is 11.3 Å². The summed E-state index contributed by atoms with van der Waals surface area (Å²) in [5.41, 5.74) is 2.72. The first-order valence-electron chi connectivity index (χ1n) is 7.48. The number of nitrogens with zero attached hydrogens (tertiary/aromatic N) is 2. The number of pyridine rings is 1. The van der Waals surface area contributed by atoms with Gasteiger partial charge < -0.3 is 0 Å². The molecule has 0 aliphatic carbocycles. The molecule has 0 aliphatic heterocycles. The van der Waals surface area contributed by atoms with Crippen molar-refractivity contribution in [2.24, 2.45) is 0 Å². The van der Waals surface area contributed by atoms with Crippen LogP contribution in [0.4, 0.5) is 0 Å². The summed E-state index contributed by atoms with van der Waals surface area (Å²) in [6, 6.07) is 8.61. The maximum Gasteiger partial charge on any atom is 0.0686 e. The second kappa shape index (κ2) is 8.45. The Morgan fingerprint density at radius 2 is 1.11 bits per heavy atom. The molecule has 2 aromatic carbocycles. The fraction of sp³-hybridized carbons (Fsp3) is 0.0526. The van der Waals surface area contributed by atoms with Gasteiger partial charge in [0.05, 0.1) is 42.6 Å². The van der Waals surface area contributed by atoms with E-state index in [1.807, 2.05) is 0 Å². The molecule has 0 aliphatic rings. The lowest BCUT2D eigenvalue weighted by molar-refractivity contribution is 1.22. The number of nitriles is 1. The zero-order valence-electron chi connectivity index (χ0n) is 13.3. The normalized spacial score (nSPS) is 10.7. The van der Waals surface area contributed by atoms with Crippen molar-refractivity contribution in [3.8, 4) is 28.3 Å². The Hall–Kier alpha value is -1.18. The molecule has 0 unspecified atom stereocenters. The third-order valence-electron chi connectivity index (χ3n) is 3.94. The van der Waals surface area contributed by atoms with Gasteiger partial charge in [-0.3, -0.25) is 4.98 Å². The van der Waals surface area contributed by atoms with Gasteiger partial charge in [-0.1, -0.05) is 69.6 Å². The predicted molar refractivity (Wildman–Crippen MR) is 114 cm³/mol. The topological polar surface area (TPSA) is 36.7 Å². The van der Waals surface area contributed by atoms with Gasteiger partial charge in [0, 0.05) is 34.6 Å². The smallest absolute Gasteiger partial charge is 0.0686 e. The molecule has 0 spiro atoms. The van der Waals surface area contributed by atoms with Gasteiger partial charge in [-0.2, -0.15) is 5.26 Å². The van der Waals surface area contributed by atoms with E-state index in [4.69, 9.17) is 69.6 Å². The predicted octanol–water partition coefficient (Wildman–Crippen LogP) is 8.40. The highest BCUT2D eigenvalue weighted by Crippen LogP contribution is 2.45. The van der Waals surface area contributed by atoms with Gasteiger partial charge in [0.2, 0.25) is 0 Å². The third kappa shape index (κ3) is 3.87. The van der Waals surface area contributed by atoms with Gasteiger partial charge in [-0.15, -0.1) is 0 Å². The first-order valence-corrected chi connectivity index (χ1v) is 9.75. The van der Waals surface area contributed by atoms with Crippen LogP contribution in [0.5, 0.6) is 0 Å². The number of rotatable bonds is 3. The fourth-order valence-corrected chi connectivity index (χ4v) is 4.20. The molecule has 0 atom stereocenters. The summed E-state index contributed by atoms with van der Waals surface area (Å²) in [6.07, 6.45) is 3.20. The summed E-state index contributed by atoms with van der Waals surface area (Å²) in [7, 11) is 0. The van der Waals surface area contributed by atoms with Gasteiger partial charge >= 0.3 is 0 Å². The minimum absolute atomic E-state index is 0.0472. The molecule has 3 rings (SSSR count). The van der Waals surface area contributed by atoms with Crippen LogP contribution in [-0.2, 0) is 6.42 Å². The van der Waals surface area contributed by atoms with E-state index < -0.39 is 0 Å². The minimum Gasteiger partial charge on any atom is -0.263 e. The molecule has 0 fully saturated rings. The average molecular weight is 477 g/mol. The van der Waals surface area contributed by atoms with Crippen molar-refractivity contribution in [2.75, 3.05) is 0 Å². The number of benzene rings is 2. The fourth-order valence-electron chi connectivity index (χ4n) is 2.74. The summed E-state index contributed by atoms with van der Waals surface area (Å²) >= 11 is 37.8. The number of hydrogen-bond acceptors (Lipinski definition) is 2. The van der Waals surface area contributed by atoms with Crippen LogP contribution in [-0.4, -0.2) is 4.98 Å². The lowest BCUT2D eigenvalue weighted by atomic mass is 9.92. The zero-order chi connectivity index (χ0) is 19.7. The van der Waals surface area contributed by atoms with Crippen molar-refractivity contribution in [1.29, 1.82) is 5.26 Å². The summed E-state index contributed by atoms with van der Waals surface area (Å²) in [6.45, 7) is 0. The number of hydrogen-bond donors (Lipinski definition) is 0. The van der Waals surface area contributed by atoms with Crippen LogP contribution >= 0.6 is 69.6 Å². The van der Waals surface area contributed by atoms with Crippen molar-refractivity contribution in [1.82, 2.24) is 4.98 Å². The Balaban J connectivity index is 2.40. The lowest BCUT2D eigenvalue weighted by Crippen LogP contribution is -1.98. The van der Waals surface area contributed by atoms with Gasteiger partial charge in [-0.05, 0) is 29.8 Å². The highest BCUT2D eigenvalue weighted by Gasteiger charge is 2.21. The molecule has 0 amide bonds. The van der Waals surface area contributed by atoms with Crippen LogP contribution in [0.3, 0.4) is 0 Å². The number of aromatic nitrogens is 1. The molecular weight excluding hydrogens is 469 g/mol. The van der Waals surface area contributed by atoms with E-state index in [1.54, 1.807) is 36.7 Å². The van der Waals surface area contributed by atoms with Crippen LogP contribution in [0.1, 0.15) is 5.56 Å². The van der Waals surface area contributed by atoms with Crippen molar-refractivity contribution >= 4 is 69.6 Å². The summed E-state index contributed by atoms with van der Waals surface area (Å²) in [5, 5.41) is 11.4. The quantitative estimate of drug-likeness (QED) is 0.356. The van der Waals surface area contributed by atoms with E-state index in [0.717, 1.165) is 0 Å². The summed E-state index contributed by atoms with van der Waals surface area (Å²) < 4.78 is 0. The van der Waals surface area contributed by atoms with Crippen molar-refractivity contribution in [3.05, 3.63) is 72.4 Å². The molecular formula is C19H8Cl6N2. The Morgan fingerprint density at radius 3 is 1.52 bits per heavy atom. The molecule has 2 nitrogen and oxygen atoms in total. The molecule has 0 N–H and O–H groups in total. The highest BCUT2D eigenvalue weighted by atomic mass is 35.5. The van der Waals surface area contributed by atoms with E-state index in [1.165, 1.54) is 0 Å². The molecule has 0 radical (unpaired) electrons. The third-order valence-corrected chi connectivity index (χ3v) is 6.18. The zero-order valence-corrected chi connectivity index (χ0v) is 17.9. The van der Waals surface area contributed by atoms with Gasteiger partial charge in [-0.25, -0.2) is 0 Å². The molecule has 0 bridgehead atoms. The Labute approximate surface area is 186 Å². The average Bonchev–Trinajstić information content (AvgIpc) is 2.64. The monoisotopic (exact) mass is 474 g/mol. The molecule has 3 aromatic rings. The molecule has 136 valence electrons. The van der Waals surface area contributed by atoms with Crippen LogP contribution in [0.2, 0.25) is 30.1 Å². The van der Waals surface area contributed by atoms with Crippen LogP contribution in [0.15, 0.2) is 36.7 Å². The van der Waals surface area contributed by atoms with Gasteiger partial charge in [0.1, 0.15) is 0 Å². The lowest BCUT2D eigenvalue weighted by Gasteiger charge is -2.17. The minimum atomic E-state index is 0.0472. The molecule has 27 heavy (non-hydrogen) atoms. The molecule has 1 heterocycles. The van der Waals surface area contributed by atoms with Gasteiger partial charge in [0.15, 0.2) is 0 Å². The molecule has 1 aromatic heterocycles. The summed E-state index contributed by atoms with van der Waals surface area (Å²) in [4.78, 5) is 4.27. The van der Waals surface area contributed by atoms with E-state index in [0.29, 0.717) is 47.9 Å². The standard InChI is InChI=1S/C19H8Cl6N2/c20-12-1-3-14(22)18(24)16(12)10-7-27-8-11(9(10)5-6-26)17-13(21)2-4-15(23)19(17)25/h1-4,7-8H,5H2. The van der Waals surface area contributed by atoms with E-state index >= 15 is 0 Å². The Morgan fingerprint density at radius 1 is 0.704 bits per heavy atom. The van der Waals surface area contributed by atoms with Crippen molar-refractivity contribution < 1.29 is 0 Å². The number of halogens is 6. The Kier molecular flexibility index (Phi) is 6.43. The summed E-state index contributed by atoms with van der Waals surface area (Å²) in [5.74, 6) is 0. The second-order valence-electron chi connectivity index (χ2n) is 5.48. The highest BCUT2D eigenvalue weighted by molar-refractivity contribution is 6.47. The molecule has 0 saturated heterocycles. The molecule has 0 saturated carbocycles.